The van der Waals surface area contributed by atoms with E-state index in [-0.39, 0.29) is 5.75 Å². The molecule has 0 aromatic heterocycles. The lowest BCUT2D eigenvalue weighted by Gasteiger charge is -2.14. The SMILES string of the molecule is CCCCCCCCOc1ccc(C=Nc2ccc(OCCCCCCCC)c(OCCCCCCCC)c2)c(O)c1. The number of aromatic hydroxyl groups is 1. The van der Waals surface area contributed by atoms with Gasteiger partial charge in [0.1, 0.15) is 11.5 Å². The van der Waals surface area contributed by atoms with E-state index in [0.29, 0.717) is 31.1 Å². The molecule has 236 valence electrons. The van der Waals surface area contributed by atoms with Crippen LogP contribution in [0.2, 0.25) is 0 Å². The Bertz CT molecular complexity index is 974. The lowest BCUT2D eigenvalue weighted by atomic mass is 10.1. The molecule has 5 heteroatoms. The van der Waals surface area contributed by atoms with Gasteiger partial charge in [-0.15, -0.1) is 0 Å². The Hall–Kier alpha value is -2.69. The van der Waals surface area contributed by atoms with Crippen LogP contribution in [-0.2, 0) is 0 Å². The highest BCUT2D eigenvalue weighted by molar-refractivity contribution is 5.85. The largest absolute Gasteiger partial charge is 0.507 e. The smallest absolute Gasteiger partial charge is 0.163 e. The van der Waals surface area contributed by atoms with Gasteiger partial charge in [0.2, 0.25) is 0 Å². The number of unbranched alkanes of at least 4 members (excludes halogenated alkanes) is 15. The molecule has 0 unspecified atom stereocenters. The minimum absolute atomic E-state index is 0.164. The molecule has 5 nitrogen and oxygen atoms in total. The van der Waals surface area contributed by atoms with Gasteiger partial charge in [-0.3, -0.25) is 4.99 Å². The van der Waals surface area contributed by atoms with Gasteiger partial charge in [0.05, 0.1) is 25.5 Å². The normalized spacial score (nSPS) is 11.3. The molecule has 0 bridgehead atoms. The molecule has 42 heavy (non-hydrogen) atoms. The van der Waals surface area contributed by atoms with Crippen LogP contribution in [0.1, 0.15) is 142 Å². The molecule has 0 spiro atoms. The summed E-state index contributed by atoms with van der Waals surface area (Å²) < 4.78 is 18.2. The standard InChI is InChI=1S/C37H59NO4/c1-4-7-10-13-16-19-26-40-34-24-22-32(35(39)30-34)31-38-33-23-25-36(41-27-20-17-14-11-8-5-2)37(29-33)42-28-21-18-15-12-9-6-3/h22-25,29-31,39H,4-21,26-28H2,1-3H3. The second-order valence-electron chi connectivity index (χ2n) is 11.5. The molecule has 2 aromatic rings. The first-order valence-corrected chi connectivity index (χ1v) is 17.1. The van der Waals surface area contributed by atoms with Crippen LogP contribution in [0.15, 0.2) is 41.4 Å². The first kappa shape index (κ1) is 35.5. The van der Waals surface area contributed by atoms with Crippen molar-refractivity contribution in [3.05, 3.63) is 42.0 Å². The predicted octanol–water partition coefficient (Wildman–Crippen LogP) is 11.4. The van der Waals surface area contributed by atoms with Crippen LogP contribution in [-0.4, -0.2) is 31.1 Å². The molecule has 0 heterocycles. The van der Waals surface area contributed by atoms with Crippen molar-refractivity contribution in [3.8, 4) is 23.0 Å². The summed E-state index contributed by atoms with van der Waals surface area (Å²) >= 11 is 0. The summed E-state index contributed by atoms with van der Waals surface area (Å²) in [6, 6.07) is 11.3. The van der Waals surface area contributed by atoms with Crippen molar-refractivity contribution in [2.24, 2.45) is 4.99 Å². The highest BCUT2D eigenvalue weighted by Gasteiger charge is 2.08. The zero-order valence-corrected chi connectivity index (χ0v) is 27.0. The van der Waals surface area contributed by atoms with E-state index in [0.717, 1.165) is 36.4 Å². The number of benzene rings is 2. The van der Waals surface area contributed by atoms with Gasteiger partial charge < -0.3 is 19.3 Å². The van der Waals surface area contributed by atoms with E-state index >= 15 is 0 Å². The second kappa shape index (κ2) is 23.8. The molecular weight excluding hydrogens is 522 g/mol. The van der Waals surface area contributed by atoms with E-state index in [9.17, 15) is 5.11 Å². The average Bonchev–Trinajstić information content (AvgIpc) is 3.00. The van der Waals surface area contributed by atoms with E-state index in [2.05, 4.69) is 25.8 Å². The van der Waals surface area contributed by atoms with E-state index in [1.165, 1.54) is 96.3 Å². The number of ether oxygens (including phenoxy) is 3. The van der Waals surface area contributed by atoms with Gasteiger partial charge >= 0.3 is 0 Å². The van der Waals surface area contributed by atoms with Crippen LogP contribution in [0.3, 0.4) is 0 Å². The van der Waals surface area contributed by atoms with Gasteiger partial charge in [-0.25, -0.2) is 0 Å². The van der Waals surface area contributed by atoms with Crippen molar-refractivity contribution in [3.63, 3.8) is 0 Å². The molecule has 2 aromatic carbocycles. The quantitative estimate of drug-likeness (QED) is 0.0886. The van der Waals surface area contributed by atoms with Crippen molar-refractivity contribution in [1.82, 2.24) is 0 Å². The maximum Gasteiger partial charge on any atom is 0.163 e. The fourth-order valence-electron chi connectivity index (χ4n) is 4.88. The summed E-state index contributed by atoms with van der Waals surface area (Å²) in [4.78, 5) is 4.63. The summed E-state index contributed by atoms with van der Waals surface area (Å²) in [5.41, 5.74) is 1.42. The molecule has 0 saturated carbocycles. The van der Waals surface area contributed by atoms with Crippen molar-refractivity contribution in [1.29, 1.82) is 0 Å². The highest BCUT2D eigenvalue weighted by atomic mass is 16.5. The third-order valence-corrected chi connectivity index (χ3v) is 7.56. The Morgan fingerprint density at radius 1 is 0.548 bits per heavy atom. The van der Waals surface area contributed by atoms with Crippen LogP contribution in [0.4, 0.5) is 5.69 Å². The summed E-state index contributed by atoms with van der Waals surface area (Å²) in [7, 11) is 0. The zero-order chi connectivity index (χ0) is 30.1. The molecule has 0 amide bonds. The summed E-state index contributed by atoms with van der Waals surface area (Å²) in [5, 5.41) is 10.6. The number of rotatable bonds is 26. The fraction of sp³-hybridized carbons (Fsp3) is 0.649. The number of phenolic OH excluding ortho intramolecular Hbond substituents is 1. The monoisotopic (exact) mass is 581 g/mol. The second-order valence-corrected chi connectivity index (χ2v) is 11.5. The Balaban J connectivity index is 1.92. The van der Waals surface area contributed by atoms with E-state index in [1.807, 2.05) is 30.3 Å². The Morgan fingerprint density at radius 2 is 1.05 bits per heavy atom. The number of nitrogens with zero attached hydrogens (tertiary/aromatic N) is 1. The van der Waals surface area contributed by atoms with Crippen molar-refractivity contribution >= 4 is 11.9 Å². The maximum atomic E-state index is 10.6. The average molecular weight is 582 g/mol. The van der Waals surface area contributed by atoms with E-state index in [4.69, 9.17) is 14.2 Å². The van der Waals surface area contributed by atoms with E-state index in [1.54, 1.807) is 12.3 Å². The van der Waals surface area contributed by atoms with Crippen LogP contribution < -0.4 is 14.2 Å². The minimum Gasteiger partial charge on any atom is -0.507 e. The molecule has 0 aliphatic heterocycles. The summed E-state index contributed by atoms with van der Waals surface area (Å²) in [6.45, 7) is 8.77. The molecule has 0 fully saturated rings. The lowest BCUT2D eigenvalue weighted by Crippen LogP contribution is -2.02. The van der Waals surface area contributed by atoms with Gasteiger partial charge in [0.25, 0.3) is 0 Å². The number of hydrogen-bond acceptors (Lipinski definition) is 5. The van der Waals surface area contributed by atoms with Crippen molar-refractivity contribution in [2.75, 3.05) is 19.8 Å². The predicted molar refractivity (Wildman–Crippen MR) is 178 cm³/mol. The molecule has 1 N–H and O–H groups in total. The fourth-order valence-corrected chi connectivity index (χ4v) is 4.88. The van der Waals surface area contributed by atoms with Gasteiger partial charge in [0, 0.05) is 23.9 Å². The van der Waals surface area contributed by atoms with E-state index < -0.39 is 0 Å². The molecular formula is C37H59NO4. The molecule has 0 aliphatic carbocycles. The molecule has 0 saturated heterocycles. The van der Waals surface area contributed by atoms with Crippen molar-refractivity contribution < 1.29 is 19.3 Å². The Morgan fingerprint density at radius 3 is 1.60 bits per heavy atom. The Kier molecular flexibility index (Phi) is 20.1. The maximum absolute atomic E-state index is 10.6. The minimum atomic E-state index is 0.164. The topological polar surface area (TPSA) is 60.3 Å². The van der Waals surface area contributed by atoms with Gasteiger partial charge in [0.15, 0.2) is 11.5 Å². The zero-order valence-electron chi connectivity index (χ0n) is 27.0. The molecule has 2 rings (SSSR count). The van der Waals surface area contributed by atoms with Crippen molar-refractivity contribution in [2.45, 2.75) is 136 Å². The summed E-state index contributed by atoms with van der Waals surface area (Å²) in [5.74, 6) is 2.38. The van der Waals surface area contributed by atoms with Crippen LogP contribution >= 0.6 is 0 Å². The van der Waals surface area contributed by atoms with Crippen LogP contribution in [0.5, 0.6) is 23.0 Å². The van der Waals surface area contributed by atoms with Crippen LogP contribution in [0, 0.1) is 0 Å². The third-order valence-electron chi connectivity index (χ3n) is 7.56. The van der Waals surface area contributed by atoms with Gasteiger partial charge in [-0.05, 0) is 43.5 Å². The van der Waals surface area contributed by atoms with Gasteiger partial charge in [-0.2, -0.15) is 0 Å². The molecule has 0 aliphatic rings. The lowest BCUT2D eigenvalue weighted by molar-refractivity contribution is 0.258. The number of hydrogen-bond donors (Lipinski definition) is 1. The van der Waals surface area contributed by atoms with Crippen LogP contribution in [0.25, 0.3) is 0 Å². The highest BCUT2D eigenvalue weighted by Crippen LogP contribution is 2.33. The first-order chi connectivity index (χ1) is 20.7. The summed E-state index contributed by atoms with van der Waals surface area (Å²) in [6.07, 6.45) is 23.8. The number of aliphatic imine (C=N–C) groups is 1. The molecule has 0 atom stereocenters. The number of phenols is 1. The Labute approximate surface area is 257 Å². The molecule has 0 radical (unpaired) electrons. The first-order valence-electron chi connectivity index (χ1n) is 17.1. The third kappa shape index (κ3) is 16.1. The van der Waals surface area contributed by atoms with Gasteiger partial charge in [-0.1, -0.05) is 117 Å².